The van der Waals surface area contributed by atoms with Crippen molar-refractivity contribution in [3.8, 4) is 0 Å². The van der Waals surface area contributed by atoms with E-state index in [0.717, 1.165) is 51.4 Å². The van der Waals surface area contributed by atoms with E-state index in [1.54, 1.807) is 0 Å². The number of hydrogen-bond donors (Lipinski definition) is 0. The molecule has 1 unspecified atom stereocenters. The molecule has 5 fully saturated rings. The number of carbonyl (C=O) groups is 2. The lowest BCUT2D eigenvalue weighted by Gasteiger charge is -2.56. The molecule has 2 spiro atoms. The van der Waals surface area contributed by atoms with Crippen LogP contribution in [0, 0.1) is 10.8 Å². The van der Waals surface area contributed by atoms with Crippen molar-refractivity contribution in [3.05, 3.63) is 5.53 Å². The van der Waals surface area contributed by atoms with Gasteiger partial charge in [-0.05, 0) is 32.1 Å². The van der Waals surface area contributed by atoms with E-state index in [4.69, 9.17) is 9.47 Å². The van der Waals surface area contributed by atoms with Gasteiger partial charge in [0.15, 0.2) is 6.04 Å². The maximum absolute atomic E-state index is 15.1. The third-order valence-corrected chi connectivity index (χ3v) is 12.6. The van der Waals surface area contributed by atoms with Gasteiger partial charge in [-0.1, -0.05) is 163 Å². The number of rotatable bonds is 16. The summed E-state index contributed by atoms with van der Waals surface area (Å²) in [6, 6.07) is -0.200. The molecule has 3 bridgehead atoms. The fourth-order valence-corrected chi connectivity index (χ4v) is 10.9. The van der Waals surface area contributed by atoms with Crippen molar-refractivity contribution >= 4 is 11.8 Å². The highest BCUT2D eigenvalue weighted by Crippen LogP contribution is 2.67. The van der Waals surface area contributed by atoms with Crippen molar-refractivity contribution < 1.29 is 23.8 Å². The van der Waals surface area contributed by atoms with Gasteiger partial charge in [0.1, 0.15) is 11.2 Å². The third-order valence-electron chi connectivity index (χ3n) is 12.6. The number of Topliss-reactive ketones (excluding diaryl/α,β-unsaturated/α-hetero) is 1. The number of ketones is 1. The first-order valence-corrected chi connectivity index (χ1v) is 20.4. The van der Waals surface area contributed by atoms with Gasteiger partial charge in [0.05, 0.1) is 13.0 Å². The lowest BCUT2D eigenvalue weighted by molar-refractivity contribution is -0.689. The number of carbonyl (C=O) groups excluding carboxylic acids is 2. The maximum atomic E-state index is 15.1. The summed E-state index contributed by atoms with van der Waals surface area (Å²) in [7, 11) is 0. The molecule has 3 heterocycles. The monoisotopic (exact) mass is 657 g/mol. The molecular weight excluding hydrogens is 584 g/mol. The summed E-state index contributed by atoms with van der Waals surface area (Å²) in [5, 5.41) is 0. The average molecular weight is 657 g/mol. The predicted octanol–water partition coefficient (Wildman–Crippen LogP) is 11.4. The van der Waals surface area contributed by atoms with E-state index in [-0.39, 0.29) is 41.5 Å². The molecule has 47 heavy (non-hydrogen) atoms. The van der Waals surface area contributed by atoms with E-state index < -0.39 is 16.7 Å². The number of hydrogen-bond acceptors (Lipinski definition) is 4. The Labute approximate surface area is 288 Å². The summed E-state index contributed by atoms with van der Waals surface area (Å²) in [5.74, 6) is -0.211. The van der Waals surface area contributed by atoms with Gasteiger partial charge in [0.2, 0.25) is 11.3 Å². The topological polar surface area (TPSA) is 77.9 Å². The summed E-state index contributed by atoms with van der Waals surface area (Å²) in [5.41, 5.74) is 9.01. The molecule has 2 aliphatic carbocycles. The molecule has 6 nitrogen and oxygen atoms in total. The van der Waals surface area contributed by atoms with Crippen LogP contribution < -0.4 is 0 Å². The minimum Gasteiger partial charge on any atom is -0.506 e. The second-order valence-corrected chi connectivity index (χ2v) is 17.6. The minimum atomic E-state index is -1.22. The molecule has 5 rings (SSSR count). The molecule has 0 N–H and O–H groups in total. The van der Waals surface area contributed by atoms with Crippen LogP contribution in [0.4, 0.5) is 0 Å². The highest BCUT2D eigenvalue weighted by Gasteiger charge is 2.82. The highest BCUT2D eigenvalue weighted by molar-refractivity contribution is 5.99. The Balaban J connectivity index is 1.39. The quantitative estimate of drug-likeness (QED) is 0.0941. The number of fused-ring (bicyclic) bond motifs is 2. The van der Waals surface area contributed by atoms with E-state index in [1.807, 2.05) is 0 Å². The summed E-state index contributed by atoms with van der Waals surface area (Å²) < 4.78 is 14.6. The van der Waals surface area contributed by atoms with Crippen molar-refractivity contribution in [2.75, 3.05) is 6.61 Å². The van der Waals surface area contributed by atoms with Crippen LogP contribution in [-0.4, -0.2) is 45.8 Å². The molecular formula is C41H72N2O4. The smallest absolute Gasteiger partial charge is 0.306 e. The average Bonchev–Trinajstić information content (AvgIpc) is 3.11. The van der Waals surface area contributed by atoms with Crippen LogP contribution in [0.5, 0.6) is 0 Å². The zero-order chi connectivity index (χ0) is 34.0. The second-order valence-electron chi connectivity index (χ2n) is 17.6. The fraction of sp³-hybridized carbons (Fsp3) is 0.951. The van der Waals surface area contributed by atoms with E-state index in [1.165, 1.54) is 101 Å². The Morgan fingerprint density at radius 3 is 1.68 bits per heavy atom. The summed E-state index contributed by atoms with van der Waals surface area (Å²) >= 11 is 0. The zero-order valence-corrected chi connectivity index (χ0v) is 31.4. The molecule has 270 valence electrons. The lowest BCUT2D eigenvalue weighted by Crippen LogP contribution is -2.67. The standard InChI is InChI=1S/C41H72N2O4/c1-6-7-8-9-10-11-12-13-17-20-23-26-31-46-34(44)27-30-41-36(45)39(32-37(2,3)35(43(41)42)38(4,5)33-39)47-40(41)28-24-21-18-15-14-16-19-22-25-29-40/h35H,6-33H2,1-5H3. The zero-order valence-electron chi connectivity index (χ0n) is 31.4. The molecule has 0 aromatic rings. The van der Waals surface area contributed by atoms with Crippen LogP contribution in [0.3, 0.4) is 0 Å². The van der Waals surface area contributed by atoms with Gasteiger partial charge in [-0.25, -0.2) is 0 Å². The number of nitrogens with zero attached hydrogens (tertiary/aromatic N) is 2. The van der Waals surface area contributed by atoms with Gasteiger partial charge in [-0.15, -0.1) is 0 Å². The molecule has 6 heteroatoms. The Morgan fingerprint density at radius 2 is 1.19 bits per heavy atom. The van der Waals surface area contributed by atoms with E-state index in [9.17, 15) is 10.3 Å². The van der Waals surface area contributed by atoms with Crippen LogP contribution in [0.25, 0.3) is 5.53 Å². The normalized spacial score (nSPS) is 30.1. The van der Waals surface area contributed by atoms with Gasteiger partial charge in [-0.2, -0.15) is 0 Å². The van der Waals surface area contributed by atoms with Gasteiger partial charge in [0, 0.05) is 17.3 Å². The van der Waals surface area contributed by atoms with Gasteiger partial charge in [-0.3, -0.25) is 9.59 Å². The Hall–Kier alpha value is -1.30. The van der Waals surface area contributed by atoms with Crippen molar-refractivity contribution in [2.24, 2.45) is 10.8 Å². The molecule has 3 saturated heterocycles. The van der Waals surface area contributed by atoms with Crippen LogP contribution >= 0.6 is 0 Å². The van der Waals surface area contributed by atoms with Crippen molar-refractivity contribution in [2.45, 2.75) is 231 Å². The minimum absolute atomic E-state index is 0.0366. The van der Waals surface area contributed by atoms with Crippen molar-refractivity contribution in [1.82, 2.24) is 0 Å². The second kappa shape index (κ2) is 17.1. The first kappa shape index (κ1) is 38.5. The molecule has 0 aromatic carbocycles. The van der Waals surface area contributed by atoms with Gasteiger partial charge in [0.25, 0.3) is 0 Å². The highest BCUT2D eigenvalue weighted by atomic mass is 16.5. The number of ether oxygens (including phenoxy) is 2. The Morgan fingerprint density at radius 1 is 0.745 bits per heavy atom. The van der Waals surface area contributed by atoms with Crippen LogP contribution in [0.2, 0.25) is 0 Å². The largest absolute Gasteiger partial charge is 0.506 e. The molecule has 2 saturated carbocycles. The first-order valence-electron chi connectivity index (χ1n) is 20.4. The third kappa shape index (κ3) is 8.72. The molecule has 3 aliphatic heterocycles. The van der Waals surface area contributed by atoms with Crippen molar-refractivity contribution in [1.29, 1.82) is 0 Å². The van der Waals surface area contributed by atoms with Crippen LogP contribution in [0.1, 0.15) is 208 Å². The van der Waals surface area contributed by atoms with Gasteiger partial charge < -0.3 is 19.7 Å². The molecule has 1 atom stereocenters. The van der Waals surface area contributed by atoms with Crippen LogP contribution in [-0.2, 0) is 19.1 Å². The molecule has 0 aromatic heterocycles. The van der Waals surface area contributed by atoms with Gasteiger partial charge >= 0.3 is 5.97 Å². The Bertz CT molecular complexity index is 1000. The van der Waals surface area contributed by atoms with E-state index >= 15 is 4.79 Å². The summed E-state index contributed by atoms with van der Waals surface area (Å²) in [6.07, 6.45) is 28.9. The molecule has 0 amide bonds. The molecule has 5 aliphatic rings. The van der Waals surface area contributed by atoms with Crippen molar-refractivity contribution in [3.63, 3.8) is 0 Å². The number of unbranched alkanes of at least 4 members (excludes halogenated alkanes) is 11. The Kier molecular flexibility index (Phi) is 14.0. The fourth-order valence-electron chi connectivity index (χ4n) is 10.9. The SMILES string of the molecule is CCCCCCCCCCCCCCOC(=O)CCC12C(=O)C3(CC(C)(C)C([N+]1=[N-])C(C)(C)C3)OC21CCCCCCCCCCC1. The number of esters is 1. The molecule has 0 radical (unpaired) electrons. The predicted molar refractivity (Wildman–Crippen MR) is 191 cm³/mol. The van der Waals surface area contributed by atoms with Crippen LogP contribution in [0.15, 0.2) is 0 Å². The summed E-state index contributed by atoms with van der Waals surface area (Å²) in [6.45, 7) is 11.4. The summed E-state index contributed by atoms with van der Waals surface area (Å²) in [4.78, 5) is 28.4. The first-order chi connectivity index (χ1) is 22.5. The maximum Gasteiger partial charge on any atom is 0.306 e. The lowest BCUT2D eigenvalue weighted by atomic mass is 9.56. The van der Waals surface area contributed by atoms with E-state index in [2.05, 4.69) is 34.6 Å². The van der Waals surface area contributed by atoms with E-state index in [0.29, 0.717) is 19.4 Å².